The molecule has 5 aromatic carbocycles. The number of hydrogen-bond donors (Lipinski definition) is 0. The van der Waals surface area contributed by atoms with Crippen molar-refractivity contribution < 1.29 is 4.74 Å². The monoisotopic (exact) mass is 566 g/mol. The highest BCUT2D eigenvalue weighted by molar-refractivity contribution is 5.92. The summed E-state index contributed by atoms with van der Waals surface area (Å²) in [6.07, 6.45) is 4.44. The van der Waals surface area contributed by atoms with Crippen LogP contribution in [0.25, 0.3) is 56.8 Å². The zero-order valence-electron chi connectivity index (χ0n) is 23.7. The van der Waals surface area contributed by atoms with Crippen LogP contribution < -0.4 is 4.74 Å². The third-order valence-electron chi connectivity index (χ3n) is 8.62. The van der Waals surface area contributed by atoms with Gasteiger partial charge in [-0.2, -0.15) is 0 Å². The number of hydrogen-bond acceptors (Lipinski definition) is 4. The van der Waals surface area contributed by atoms with Crippen LogP contribution in [0.4, 0.5) is 0 Å². The maximum Gasteiger partial charge on any atom is 0.164 e. The molecular formula is C39H26N4O. The van der Waals surface area contributed by atoms with Crippen LogP contribution in [-0.2, 0) is 0 Å². The Labute approximate surface area is 254 Å². The first-order chi connectivity index (χ1) is 21.8. The summed E-state index contributed by atoms with van der Waals surface area (Å²) < 4.78 is 9.10. The lowest BCUT2D eigenvalue weighted by atomic mass is 9.85. The van der Waals surface area contributed by atoms with Gasteiger partial charge in [-0.25, -0.2) is 15.0 Å². The lowest BCUT2D eigenvalue weighted by Gasteiger charge is -2.22. The first kappa shape index (κ1) is 24.8. The van der Waals surface area contributed by atoms with Gasteiger partial charge in [-0.05, 0) is 42.5 Å². The number of fused-ring (bicyclic) bond motifs is 7. The molecule has 2 unspecified atom stereocenters. The van der Waals surface area contributed by atoms with E-state index in [1.165, 1.54) is 22.2 Å². The first-order valence-electron chi connectivity index (χ1n) is 14.9. The molecule has 1 aliphatic heterocycles. The smallest absolute Gasteiger partial charge is 0.164 e. The van der Waals surface area contributed by atoms with Gasteiger partial charge in [0.1, 0.15) is 11.9 Å². The van der Waals surface area contributed by atoms with E-state index in [1.807, 2.05) is 60.7 Å². The van der Waals surface area contributed by atoms with Crippen LogP contribution in [0.3, 0.4) is 0 Å². The van der Waals surface area contributed by atoms with Gasteiger partial charge in [0.15, 0.2) is 17.5 Å². The van der Waals surface area contributed by atoms with E-state index in [9.17, 15) is 0 Å². The minimum atomic E-state index is -0.117. The van der Waals surface area contributed by atoms with Gasteiger partial charge in [-0.3, -0.25) is 0 Å². The Hall–Kier alpha value is -5.81. The van der Waals surface area contributed by atoms with E-state index in [0.717, 1.165) is 33.7 Å². The summed E-state index contributed by atoms with van der Waals surface area (Å²) in [6, 6.07) is 45.7. The molecule has 2 aromatic heterocycles. The van der Waals surface area contributed by atoms with Gasteiger partial charge in [0.25, 0.3) is 0 Å². The molecule has 5 nitrogen and oxygen atoms in total. The summed E-state index contributed by atoms with van der Waals surface area (Å²) >= 11 is 0. The number of nitrogens with zero attached hydrogens (tertiary/aromatic N) is 4. The van der Waals surface area contributed by atoms with Crippen LogP contribution in [-0.4, -0.2) is 19.5 Å². The van der Waals surface area contributed by atoms with Crippen LogP contribution in [0.5, 0.6) is 5.75 Å². The normalized spacial score (nSPS) is 16.3. The highest BCUT2D eigenvalue weighted by Gasteiger charge is 2.40. The van der Waals surface area contributed by atoms with E-state index >= 15 is 0 Å². The molecule has 208 valence electrons. The second-order valence-corrected chi connectivity index (χ2v) is 11.2. The molecule has 0 N–H and O–H groups in total. The minimum absolute atomic E-state index is 0.0801. The highest BCUT2D eigenvalue weighted by Crippen LogP contribution is 2.53. The maximum atomic E-state index is 6.75. The Kier molecular flexibility index (Phi) is 5.56. The summed E-state index contributed by atoms with van der Waals surface area (Å²) in [5.74, 6) is 2.93. The Balaban J connectivity index is 1.16. The fourth-order valence-corrected chi connectivity index (χ4v) is 6.61. The van der Waals surface area contributed by atoms with Crippen LogP contribution >= 0.6 is 0 Å². The van der Waals surface area contributed by atoms with E-state index in [-0.39, 0.29) is 12.0 Å². The van der Waals surface area contributed by atoms with Crippen molar-refractivity contribution in [3.05, 3.63) is 156 Å². The Morgan fingerprint density at radius 2 is 1.16 bits per heavy atom. The van der Waals surface area contributed by atoms with Crippen molar-refractivity contribution in [3.63, 3.8) is 0 Å². The summed E-state index contributed by atoms with van der Waals surface area (Å²) in [5, 5.41) is 1.22. The summed E-state index contributed by atoms with van der Waals surface area (Å²) in [7, 11) is 0. The van der Waals surface area contributed by atoms with Gasteiger partial charge in [0, 0.05) is 44.8 Å². The van der Waals surface area contributed by atoms with Gasteiger partial charge < -0.3 is 9.30 Å². The second-order valence-electron chi connectivity index (χ2n) is 11.2. The minimum Gasteiger partial charge on any atom is -0.484 e. The van der Waals surface area contributed by atoms with E-state index in [1.54, 1.807) is 0 Å². The summed E-state index contributed by atoms with van der Waals surface area (Å²) in [6.45, 7) is 0. The summed E-state index contributed by atoms with van der Waals surface area (Å²) in [4.78, 5) is 14.8. The number of para-hydroxylation sites is 2. The predicted octanol–water partition coefficient (Wildman–Crippen LogP) is 9.06. The van der Waals surface area contributed by atoms with Crippen molar-refractivity contribution in [2.75, 3.05) is 0 Å². The van der Waals surface area contributed by atoms with Crippen molar-refractivity contribution in [2.45, 2.75) is 12.0 Å². The highest BCUT2D eigenvalue weighted by atomic mass is 16.5. The molecule has 0 spiro atoms. The van der Waals surface area contributed by atoms with Crippen molar-refractivity contribution in [1.29, 1.82) is 0 Å². The molecule has 1 aliphatic carbocycles. The van der Waals surface area contributed by atoms with Crippen molar-refractivity contribution in [1.82, 2.24) is 19.5 Å². The molecule has 2 atom stereocenters. The maximum absolute atomic E-state index is 6.75. The molecule has 9 rings (SSSR count). The van der Waals surface area contributed by atoms with Crippen molar-refractivity contribution in [3.8, 4) is 45.6 Å². The fourth-order valence-electron chi connectivity index (χ4n) is 6.61. The van der Waals surface area contributed by atoms with Crippen molar-refractivity contribution in [2.24, 2.45) is 0 Å². The molecule has 0 radical (unpaired) electrons. The third kappa shape index (κ3) is 3.90. The van der Waals surface area contributed by atoms with E-state index in [0.29, 0.717) is 17.5 Å². The molecule has 5 heteroatoms. The molecule has 2 aliphatic rings. The van der Waals surface area contributed by atoms with E-state index in [2.05, 4.69) is 89.5 Å². The Morgan fingerprint density at radius 1 is 0.568 bits per heavy atom. The van der Waals surface area contributed by atoms with Crippen LogP contribution in [0.2, 0.25) is 0 Å². The molecule has 0 fully saturated rings. The quantitative estimate of drug-likeness (QED) is 0.213. The fraction of sp³-hybridized carbons (Fsp3) is 0.0513. The predicted molar refractivity (Wildman–Crippen MR) is 175 cm³/mol. The molecule has 0 saturated heterocycles. The molecule has 3 heterocycles. The largest absolute Gasteiger partial charge is 0.484 e. The standard InChI is InChI=1S/C39H26N4O/c1-4-12-25(13-5-1)37-40-38(26-14-6-2-7-15-26)42-39(41-37)27-20-23-34-31(24-27)29-21-22-33-35(36(29)44-34)30-18-10-11-19-32(30)43(33)28-16-8-3-9-17-28/h1-24,29,36H. The van der Waals surface area contributed by atoms with Gasteiger partial charge in [0.2, 0.25) is 0 Å². The van der Waals surface area contributed by atoms with E-state index in [4.69, 9.17) is 19.7 Å². The molecular weight excluding hydrogens is 540 g/mol. The van der Waals surface area contributed by atoms with Crippen LogP contribution in [0.1, 0.15) is 28.8 Å². The van der Waals surface area contributed by atoms with Gasteiger partial charge >= 0.3 is 0 Å². The molecule has 0 saturated carbocycles. The number of aromatic nitrogens is 4. The van der Waals surface area contributed by atoms with Crippen molar-refractivity contribution >= 4 is 17.0 Å². The summed E-state index contributed by atoms with van der Waals surface area (Å²) in [5.41, 5.74) is 8.72. The number of ether oxygens (including phenoxy) is 1. The molecule has 7 aromatic rings. The average Bonchev–Trinajstić information content (AvgIpc) is 3.64. The van der Waals surface area contributed by atoms with Crippen LogP contribution in [0, 0.1) is 0 Å². The Bertz CT molecular complexity index is 2150. The SMILES string of the molecule is C1=CC2c3cc(-c4nc(-c5ccccc5)nc(-c5ccccc5)n4)ccc3OC2c2c1n(-c1ccccc1)c1ccccc21. The topological polar surface area (TPSA) is 52.8 Å². The number of benzene rings is 5. The van der Waals surface area contributed by atoms with Crippen LogP contribution in [0.15, 0.2) is 140 Å². The first-order valence-corrected chi connectivity index (χ1v) is 14.9. The lowest BCUT2D eigenvalue weighted by molar-refractivity contribution is 0.224. The zero-order chi connectivity index (χ0) is 29.0. The van der Waals surface area contributed by atoms with Gasteiger partial charge in [0.05, 0.1) is 11.2 Å². The second kappa shape index (κ2) is 9.89. The molecule has 44 heavy (non-hydrogen) atoms. The van der Waals surface area contributed by atoms with Gasteiger partial charge in [-0.15, -0.1) is 0 Å². The third-order valence-corrected chi connectivity index (χ3v) is 8.62. The molecule has 0 amide bonds. The number of rotatable bonds is 4. The van der Waals surface area contributed by atoms with E-state index < -0.39 is 0 Å². The van der Waals surface area contributed by atoms with Gasteiger partial charge in [-0.1, -0.05) is 103 Å². The average molecular weight is 567 g/mol. The molecule has 0 bridgehead atoms. The lowest BCUT2D eigenvalue weighted by Crippen LogP contribution is -2.13. The zero-order valence-corrected chi connectivity index (χ0v) is 23.7. The Morgan fingerprint density at radius 3 is 1.84 bits per heavy atom.